The molecule has 3 saturated heterocycles. The van der Waals surface area contributed by atoms with Crippen LogP contribution in [0, 0.1) is 0 Å². The van der Waals surface area contributed by atoms with Crippen molar-refractivity contribution < 1.29 is 118 Å². The predicted molar refractivity (Wildman–Crippen MR) is 362 cm³/mol. The van der Waals surface area contributed by atoms with Crippen molar-refractivity contribution in [3.05, 3.63) is 60.2 Å². The van der Waals surface area contributed by atoms with Crippen molar-refractivity contribution in [2.45, 2.75) is 213 Å². The Labute approximate surface area is 581 Å². The first-order valence-corrected chi connectivity index (χ1v) is 35.1. The van der Waals surface area contributed by atoms with E-state index in [1.54, 1.807) is 0 Å². The Hall–Kier alpha value is -5.98. The summed E-state index contributed by atoms with van der Waals surface area (Å²) in [7, 11) is 0. The fourth-order valence-electron chi connectivity index (χ4n) is 12.9. The number of amides is 6. The van der Waals surface area contributed by atoms with E-state index in [0.717, 1.165) is 32.1 Å². The summed E-state index contributed by atoms with van der Waals surface area (Å²) in [6.45, 7) is -1.09. The van der Waals surface area contributed by atoms with Gasteiger partial charge in [0.15, 0.2) is 0 Å². The van der Waals surface area contributed by atoms with E-state index in [-0.39, 0.29) is 142 Å². The summed E-state index contributed by atoms with van der Waals surface area (Å²) < 4.78 is 34.9. The van der Waals surface area contributed by atoms with E-state index < -0.39 is 141 Å². The van der Waals surface area contributed by atoms with E-state index in [9.17, 15) is 90.0 Å². The number of aliphatic hydroxyl groups is 12. The lowest BCUT2D eigenvalue weighted by atomic mass is 9.90. The van der Waals surface area contributed by atoms with Gasteiger partial charge in [-0.1, -0.05) is 67.4 Å². The Kier molecular flexibility index (Phi) is 34.1. The molecule has 18 N–H and O–H groups in total. The zero-order chi connectivity index (χ0) is 72.1. The van der Waals surface area contributed by atoms with Crippen LogP contribution < -0.4 is 31.9 Å². The van der Waals surface area contributed by atoms with Gasteiger partial charge in [-0.15, -0.1) is 0 Å². The molecule has 3 aliphatic heterocycles. The average molecular weight is 1420 g/mol. The Morgan fingerprint density at radius 2 is 0.700 bits per heavy atom. The first-order valence-electron chi connectivity index (χ1n) is 35.1. The fraction of sp³-hybridized carbons (Fsp3) is 0.686. The van der Waals surface area contributed by atoms with E-state index >= 15 is 0 Å². The van der Waals surface area contributed by atoms with Gasteiger partial charge in [0.1, 0.15) is 78.8 Å². The molecule has 4 aromatic rings. The second-order valence-electron chi connectivity index (χ2n) is 26.4. The van der Waals surface area contributed by atoms with E-state index in [1.807, 2.05) is 0 Å². The van der Waals surface area contributed by atoms with Crippen molar-refractivity contribution in [2.75, 3.05) is 92.2 Å². The third kappa shape index (κ3) is 24.3. The number of aliphatic hydroxyl groups excluding tert-OH is 12. The summed E-state index contributed by atoms with van der Waals surface area (Å²) in [4.78, 5) is 78.4. The summed E-state index contributed by atoms with van der Waals surface area (Å²) >= 11 is 0. The summed E-state index contributed by atoms with van der Waals surface area (Å²) in [6, 6.07) is 19.3. The third-order valence-corrected chi connectivity index (χ3v) is 18.6. The molecule has 100 heavy (non-hydrogen) atoms. The van der Waals surface area contributed by atoms with Crippen LogP contribution in [0.5, 0.6) is 0 Å². The zero-order valence-corrected chi connectivity index (χ0v) is 56.7. The van der Waals surface area contributed by atoms with Crippen LogP contribution in [0.25, 0.3) is 32.3 Å². The SMILES string of the molecule is O=C(CCCc1ccc2ccc3cccc4ccc1c2c34)NCCCCCCNC(=O)CCC(=O)NC(COCCCNC(=O)CC[C@H]1O[C@H](CO)[C@@H](O)[C@H](O)[C@@H]1O)(COCCCNC(=O)CC[C@H]1O[C@H](CO)[C@@H](O)[C@H](O)[C@@H]1O)COCCCNC(=O)CC[C@H]1O[C@H](CO)[C@@H](O)[C@H](O)[C@@H]1O. The number of aryl methyl sites for hydroxylation is 1. The highest BCUT2D eigenvalue weighted by Crippen LogP contribution is 2.37. The molecule has 3 aliphatic rings. The summed E-state index contributed by atoms with van der Waals surface area (Å²) in [5.41, 5.74) is -0.196. The van der Waals surface area contributed by atoms with Crippen molar-refractivity contribution in [3.8, 4) is 0 Å². The first-order chi connectivity index (χ1) is 48.2. The number of unbranched alkanes of at least 4 members (excludes halogenated alkanes) is 3. The fourth-order valence-corrected chi connectivity index (χ4v) is 12.9. The van der Waals surface area contributed by atoms with Crippen LogP contribution in [0.2, 0.25) is 0 Å². The highest BCUT2D eigenvalue weighted by atomic mass is 16.6. The largest absolute Gasteiger partial charge is 0.394 e. The molecule has 3 heterocycles. The smallest absolute Gasteiger partial charge is 0.221 e. The summed E-state index contributed by atoms with van der Waals surface area (Å²) in [6.07, 6.45) is -15.4. The number of benzene rings is 4. The highest BCUT2D eigenvalue weighted by molar-refractivity contribution is 6.23. The van der Waals surface area contributed by atoms with Gasteiger partial charge in [-0.3, -0.25) is 28.8 Å². The van der Waals surface area contributed by atoms with Gasteiger partial charge in [0.05, 0.1) is 58.0 Å². The molecule has 0 unspecified atom stereocenters. The molecule has 4 aromatic carbocycles. The average Bonchev–Trinajstić information content (AvgIpc) is 0.771. The normalized spacial score (nSPS) is 25.6. The second-order valence-corrected chi connectivity index (χ2v) is 26.4. The molecule has 0 radical (unpaired) electrons. The van der Waals surface area contributed by atoms with Gasteiger partial charge in [-0.2, -0.15) is 0 Å². The number of hydrogen-bond acceptors (Lipinski definition) is 24. The maximum absolute atomic E-state index is 13.9. The molecule has 560 valence electrons. The van der Waals surface area contributed by atoms with Gasteiger partial charge in [-0.05, 0) is 102 Å². The van der Waals surface area contributed by atoms with Crippen molar-refractivity contribution >= 4 is 67.8 Å². The minimum absolute atomic E-state index is 0.00272. The number of carbonyl (C=O) groups excluding carboxylic acids is 6. The third-order valence-electron chi connectivity index (χ3n) is 18.6. The molecular weight excluding hydrogens is 1310 g/mol. The van der Waals surface area contributed by atoms with Gasteiger partial charge in [0, 0.05) is 91.1 Å². The van der Waals surface area contributed by atoms with E-state index in [0.29, 0.717) is 25.9 Å². The highest BCUT2D eigenvalue weighted by Gasteiger charge is 2.46. The van der Waals surface area contributed by atoms with Crippen molar-refractivity contribution in [2.24, 2.45) is 0 Å². The second kappa shape index (κ2) is 42.0. The van der Waals surface area contributed by atoms with Crippen LogP contribution in [-0.4, -0.2) is 286 Å². The quantitative estimate of drug-likeness (QED) is 0.0165. The van der Waals surface area contributed by atoms with Crippen LogP contribution in [0.3, 0.4) is 0 Å². The van der Waals surface area contributed by atoms with E-state index in [2.05, 4.69) is 86.5 Å². The Bertz CT molecular complexity index is 2970. The molecule has 0 aliphatic carbocycles. The maximum Gasteiger partial charge on any atom is 0.221 e. The number of hydrogen-bond donors (Lipinski definition) is 18. The number of ether oxygens (including phenoxy) is 6. The van der Waals surface area contributed by atoms with Gasteiger partial charge < -0.3 is 122 Å². The van der Waals surface area contributed by atoms with Crippen molar-refractivity contribution in [1.82, 2.24) is 31.9 Å². The first kappa shape index (κ1) is 81.3. The molecule has 7 rings (SSSR count). The molecule has 0 bridgehead atoms. The monoisotopic (exact) mass is 1410 g/mol. The molecule has 3 fully saturated rings. The number of carbonyl (C=O) groups is 6. The molecule has 15 atom stereocenters. The van der Waals surface area contributed by atoms with Gasteiger partial charge in [0.2, 0.25) is 35.4 Å². The Balaban J connectivity index is 0.870. The topological polar surface area (TPSA) is 473 Å². The van der Waals surface area contributed by atoms with Gasteiger partial charge >= 0.3 is 0 Å². The molecular formula is C70H106N6O24. The predicted octanol–water partition coefficient (Wildman–Crippen LogP) is -2.23. The van der Waals surface area contributed by atoms with Crippen LogP contribution in [0.4, 0.5) is 0 Å². The van der Waals surface area contributed by atoms with Gasteiger partial charge in [-0.25, -0.2) is 0 Å². The van der Waals surface area contributed by atoms with Crippen molar-refractivity contribution in [1.29, 1.82) is 0 Å². The lowest BCUT2D eigenvalue weighted by Gasteiger charge is -2.40. The summed E-state index contributed by atoms with van der Waals surface area (Å²) in [5, 5.41) is 145. The summed E-state index contributed by atoms with van der Waals surface area (Å²) in [5.74, 6) is -2.17. The lowest BCUT2D eigenvalue weighted by Crippen LogP contribution is -2.58. The molecule has 0 saturated carbocycles. The number of nitrogens with one attached hydrogen (secondary N) is 6. The molecule has 0 aromatic heterocycles. The minimum Gasteiger partial charge on any atom is -0.394 e. The van der Waals surface area contributed by atoms with Gasteiger partial charge in [0.25, 0.3) is 0 Å². The van der Waals surface area contributed by atoms with Crippen LogP contribution in [-0.2, 0) is 63.6 Å². The number of rotatable bonds is 45. The minimum atomic E-state index is -1.59. The molecule has 30 nitrogen and oxygen atoms in total. The van der Waals surface area contributed by atoms with Crippen LogP contribution in [0.1, 0.15) is 115 Å². The van der Waals surface area contributed by atoms with E-state index in [1.165, 1.54) is 37.9 Å². The Morgan fingerprint density at radius 3 is 1.11 bits per heavy atom. The van der Waals surface area contributed by atoms with Crippen LogP contribution >= 0.6 is 0 Å². The maximum atomic E-state index is 13.9. The standard InChI is InChI=1S/C70H106N6O24/c77-36-50-64(89)67(92)61(86)47(98-50)20-23-54(81)73-30-7-33-95-39-70(40-96-34-8-31-74-55(82)24-21-48-62(87)68(93)65(90)51(37-78)99-48,41-97-35-9-32-75-56(83)25-22-49-63(88)69(94)66(91)52(38-79)100-49)76-58(85)27-26-57(84)72-29-4-2-1-3-28-71-53(80)13-6-10-42-14-15-45-17-16-43-11-5-12-44-18-19-46(42)60(45)59(43)44/h5,11-12,14-19,47-52,61-69,77-79,86-94H,1-4,6-10,13,20-41H2,(H,71,80)(H,72,84)(H,73,81)(H,74,82)(H,75,83)(H,76,85)/t47-,48-,49-,50-,51-,52-,61-,62-,63-,64-,65-,66-,67-,68-,69-/m1/s1. The van der Waals surface area contributed by atoms with Crippen LogP contribution in [0.15, 0.2) is 54.6 Å². The lowest BCUT2D eigenvalue weighted by molar-refractivity contribution is -0.230. The molecule has 30 heteroatoms. The van der Waals surface area contributed by atoms with Crippen molar-refractivity contribution in [3.63, 3.8) is 0 Å². The zero-order valence-electron chi connectivity index (χ0n) is 56.7. The van der Waals surface area contributed by atoms with E-state index in [4.69, 9.17) is 28.4 Å². The Morgan fingerprint density at radius 1 is 0.360 bits per heavy atom. The molecule has 6 amide bonds. The molecule has 0 spiro atoms.